The summed E-state index contributed by atoms with van der Waals surface area (Å²) < 4.78 is 22.8. The van der Waals surface area contributed by atoms with Crippen LogP contribution in [0.2, 0.25) is 0 Å². The van der Waals surface area contributed by atoms with Crippen LogP contribution in [0.4, 0.5) is 16.0 Å². The highest BCUT2D eigenvalue weighted by Gasteiger charge is 2.31. The molecule has 0 radical (unpaired) electrons. The molecule has 2 aromatic carbocycles. The van der Waals surface area contributed by atoms with Crippen molar-refractivity contribution in [2.24, 2.45) is 0 Å². The normalized spacial score (nSPS) is 20.7. The first kappa shape index (κ1) is 25.6. The lowest BCUT2D eigenvalue weighted by Crippen LogP contribution is -2.46. The number of aromatic nitrogens is 3. The maximum Gasteiger partial charge on any atom is 0.229 e. The molecule has 208 valence electrons. The molecule has 4 aromatic rings. The van der Waals surface area contributed by atoms with Gasteiger partial charge in [-0.25, -0.2) is 9.37 Å². The molecule has 7 rings (SSSR count). The van der Waals surface area contributed by atoms with Crippen LogP contribution < -0.4 is 10.6 Å². The van der Waals surface area contributed by atoms with Crippen molar-refractivity contribution in [1.82, 2.24) is 29.7 Å². The van der Waals surface area contributed by atoms with Gasteiger partial charge in [0.2, 0.25) is 5.95 Å². The van der Waals surface area contributed by atoms with E-state index in [4.69, 9.17) is 9.72 Å². The molecule has 0 spiro atoms. The number of ether oxygens (including phenoxy) is 1. The molecule has 0 amide bonds. The Bertz CT molecular complexity index is 1500. The molecule has 1 unspecified atom stereocenters. The van der Waals surface area contributed by atoms with E-state index in [1.165, 1.54) is 37.1 Å². The molecular weight excluding hydrogens is 505 g/mol. The minimum absolute atomic E-state index is 0.269. The van der Waals surface area contributed by atoms with Crippen molar-refractivity contribution >= 4 is 22.7 Å². The monoisotopic (exact) mass is 541 g/mol. The van der Waals surface area contributed by atoms with Gasteiger partial charge in [-0.2, -0.15) is 4.98 Å². The SMILES string of the molecule is Cc1ccc(Nc2ncc3ccn(-c4ccc(C5CNCCO5)c(F)c4)c3n2)cc1CN1CCN(C2CC2)CC1. The zero-order chi connectivity index (χ0) is 27.1. The van der Waals surface area contributed by atoms with E-state index < -0.39 is 0 Å². The number of rotatable bonds is 7. The van der Waals surface area contributed by atoms with E-state index in [1.807, 2.05) is 35.2 Å². The van der Waals surface area contributed by atoms with E-state index in [0.717, 1.165) is 48.9 Å². The number of halogens is 1. The summed E-state index contributed by atoms with van der Waals surface area (Å²) in [5.41, 5.74) is 5.59. The number of fused-ring (bicyclic) bond motifs is 1. The molecule has 2 saturated heterocycles. The van der Waals surface area contributed by atoms with E-state index in [2.05, 4.69) is 50.5 Å². The van der Waals surface area contributed by atoms with Gasteiger partial charge in [0.15, 0.2) is 0 Å². The Morgan fingerprint density at radius 1 is 1.07 bits per heavy atom. The van der Waals surface area contributed by atoms with E-state index >= 15 is 4.39 Å². The van der Waals surface area contributed by atoms with Crippen LogP contribution in [0.25, 0.3) is 16.7 Å². The van der Waals surface area contributed by atoms with Crippen LogP contribution in [-0.4, -0.2) is 76.3 Å². The fourth-order valence-corrected chi connectivity index (χ4v) is 5.89. The highest BCUT2D eigenvalue weighted by atomic mass is 19.1. The van der Waals surface area contributed by atoms with Gasteiger partial charge in [-0.05, 0) is 61.2 Å². The standard InChI is InChI=1S/C31H36FN7O/c1-21-2-3-24(16-23(21)20-37-11-13-38(14-12-37)25-4-5-25)35-31-34-18-22-8-10-39(30(22)36-31)26-6-7-27(28(32)17-26)29-19-33-9-15-40-29/h2-3,6-8,10,16-18,25,29,33H,4-5,9,11-15,19-20H2,1H3,(H,34,35,36). The fourth-order valence-electron chi connectivity index (χ4n) is 5.89. The molecule has 3 aliphatic rings. The van der Waals surface area contributed by atoms with Gasteiger partial charge in [-0.1, -0.05) is 12.1 Å². The molecule has 8 nitrogen and oxygen atoms in total. The summed E-state index contributed by atoms with van der Waals surface area (Å²) in [6.07, 6.45) is 6.20. The highest BCUT2D eigenvalue weighted by Crippen LogP contribution is 2.29. The number of nitrogens with zero attached hydrogens (tertiary/aromatic N) is 5. The zero-order valence-electron chi connectivity index (χ0n) is 22.9. The van der Waals surface area contributed by atoms with Crippen molar-refractivity contribution in [3.8, 4) is 5.69 Å². The average Bonchev–Trinajstić information content (AvgIpc) is 3.75. The van der Waals surface area contributed by atoms with Crippen LogP contribution in [0.15, 0.2) is 54.9 Å². The minimum Gasteiger partial charge on any atom is -0.371 e. The molecule has 0 bridgehead atoms. The topological polar surface area (TPSA) is 70.5 Å². The van der Waals surface area contributed by atoms with Crippen molar-refractivity contribution in [3.63, 3.8) is 0 Å². The van der Waals surface area contributed by atoms with Crippen molar-refractivity contribution < 1.29 is 9.13 Å². The fraction of sp³-hybridized carbons (Fsp3) is 0.419. The molecule has 1 saturated carbocycles. The first-order valence-corrected chi connectivity index (χ1v) is 14.4. The molecule has 1 atom stereocenters. The molecule has 4 heterocycles. The smallest absolute Gasteiger partial charge is 0.229 e. The van der Waals surface area contributed by atoms with Crippen LogP contribution in [0.1, 0.15) is 35.6 Å². The summed E-state index contributed by atoms with van der Waals surface area (Å²) >= 11 is 0. The van der Waals surface area contributed by atoms with Crippen molar-refractivity contribution in [2.45, 2.75) is 38.5 Å². The Hall–Kier alpha value is -3.37. The number of anilines is 2. The van der Waals surface area contributed by atoms with Crippen molar-refractivity contribution in [1.29, 1.82) is 0 Å². The number of benzene rings is 2. The van der Waals surface area contributed by atoms with Gasteiger partial charge < -0.3 is 19.9 Å². The molecule has 9 heteroatoms. The molecule has 3 fully saturated rings. The highest BCUT2D eigenvalue weighted by molar-refractivity contribution is 5.79. The van der Waals surface area contributed by atoms with Crippen LogP contribution in [0.3, 0.4) is 0 Å². The predicted octanol–water partition coefficient (Wildman–Crippen LogP) is 4.55. The molecule has 1 aliphatic carbocycles. The summed E-state index contributed by atoms with van der Waals surface area (Å²) in [6.45, 7) is 9.71. The Kier molecular flexibility index (Phi) is 6.97. The zero-order valence-corrected chi connectivity index (χ0v) is 22.9. The van der Waals surface area contributed by atoms with Gasteiger partial charge in [-0.3, -0.25) is 9.80 Å². The van der Waals surface area contributed by atoms with Gasteiger partial charge >= 0.3 is 0 Å². The first-order chi connectivity index (χ1) is 19.6. The summed E-state index contributed by atoms with van der Waals surface area (Å²) in [6, 6.07) is 14.5. The van der Waals surface area contributed by atoms with Gasteiger partial charge in [0.25, 0.3) is 0 Å². The number of nitrogens with one attached hydrogen (secondary N) is 2. The Balaban J connectivity index is 1.08. The molecular formula is C31H36FN7O. The van der Waals surface area contributed by atoms with Crippen LogP contribution in [-0.2, 0) is 11.3 Å². The summed E-state index contributed by atoms with van der Waals surface area (Å²) in [5, 5.41) is 7.56. The predicted molar refractivity (Wildman–Crippen MR) is 155 cm³/mol. The quantitative estimate of drug-likeness (QED) is 0.356. The third-order valence-electron chi connectivity index (χ3n) is 8.43. The lowest BCUT2D eigenvalue weighted by molar-refractivity contribution is 0.0255. The van der Waals surface area contributed by atoms with Crippen molar-refractivity contribution in [3.05, 3.63) is 77.4 Å². The van der Waals surface area contributed by atoms with Gasteiger partial charge in [0.05, 0.1) is 12.7 Å². The summed E-state index contributed by atoms with van der Waals surface area (Å²) in [4.78, 5) is 14.6. The number of hydrogen-bond donors (Lipinski definition) is 2. The maximum atomic E-state index is 15.1. The Morgan fingerprint density at radius 3 is 2.73 bits per heavy atom. The number of piperazine rings is 1. The van der Waals surface area contributed by atoms with Gasteiger partial charge in [-0.15, -0.1) is 0 Å². The minimum atomic E-state index is -0.276. The lowest BCUT2D eigenvalue weighted by Gasteiger charge is -2.35. The maximum absolute atomic E-state index is 15.1. The number of morpholine rings is 1. The third kappa shape index (κ3) is 5.34. The lowest BCUT2D eigenvalue weighted by atomic mass is 10.1. The second-order valence-corrected chi connectivity index (χ2v) is 11.2. The average molecular weight is 542 g/mol. The van der Waals surface area contributed by atoms with E-state index in [0.29, 0.717) is 30.4 Å². The van der Waals surface area contributed by atoms with Crippen LogP contribution >= 0.6 is 0 Å². The second-order valence-electron chi connectivity index (χ2n) is 11.2. The van der Waals surface area contributed by atoms with E-state index in [1.54, 1.807) is 6.07 Å². The van der Waals surface area contributed by atoms with E-state index in [9.17, 15) is 0 Å². The van der Waals surface area contributed by atoms with Crippen LogP contribution in [0, 0.1) is 12.7 Å². The van der Waals surface area contributed by atoms with E-state index in [-0.39, 0.29) is 11.9 Å². The number of aryl methyl sites for hydroxylation is 1. The van der Waals surface area contributed by atoms with Crippen LogP contribution in [0.5, 0.6) is 0 Å². The molecule has 2 N–H and O–H groups in total. The second kappa shape index (κ2) is 10.9. The first-order valence-electron chi connectivity index (χ1n) is 14.4. The third-order valence-corrected chi connectivity index (χ3v) is 8.43. The Labute approximate surface area is 234 Å². The molecule has 2 aromatic heterocycles. The largest absolute Gasteiger partial charge is 0.371 e. The van der Waals surface area contributed by atoms with Gasteiger partial charge in [0, 0.05) is 86.6 Å². The molecule has 40 heavy (non-hydrogen) atoms. The van der Waals surface area contributed by atoms with Gasteiger partial charge in [0.1, 0.15) is 11.5 Å². The summed E-state index contributed by atoms with van der Waals surface area (Å²) in [7, 11) is 0. The van der Waals surface area contributed by atoms with Crippen molar-refractivity contribution in [2.75, 3.05) is 51.2 Å². The summed E-state index contributed by atoms with van der Waals surface area (Å²) in [5.74, 6) is 0.237. The molecule has 2 aliphatic heterocycles. The Morgan fingerprint density at radius 2 is 1.95 bits per heavy atom. The number of hydrogen-bond acceptors (Lipinski definition) is 7.